The van der Waals surface area contributed by atoms with Gasteiger partial charge in [0.1, 0.15) is 5.78 Å². The summed E-state index contributed by atoms with van der Waals surface area (Å²) < 4.78 is 0. The molecule has 1 fully saturated rings. The van der Waals surface area contributed by atoms with Crippen molar-refractivity contribution in [2.24, 2.45) is 5.92 Å². The minimum atomic E-state index is 0.250. The zero-order valence-corrected chi connectivity index (χ0v) is 22.2. The minimum absolute atomic E-state index is 0.250. The lowest BCUT2D eigenvalue weighted by Crippen LogP contribution is -2.24. The fourth-order valence-corrected chi connectivity index (χ4v) is 5.49. The van der Waals surface area contributed by atoms with Gasteiger partial charge in [-0.1, -0.05) is 120 Å². The van der Waals surface area contributed by atoms with Crippen LogP contribution in [0.25, 0.3) is 11.1 Å². The molecule has 0 aromatic heterocycles. The number of unbranched alkanes of at least 4 members (excludes halogenated alkanes) is 8. The van der Waals surface area contributed by atoms with Gasteiger partial charge in [-0.3, -0.25) is 9.59 Å². The predicted molar refractivity (Wildman–Crippen MR) is 148 cm³/mol. The minimum Gasteiger partial charge on any atom is -0.299 e. The van der Waals surface area contributed by atoms with Crippen LogP contribution in [0.15, 0.2) is 48.5 Å². The molecule has 0 spiro atoms. The van der Waals surface area contributed by atoms with Gasteiger partial charge in [0.15, 0.2) is 5.78 Å². The molecule has 0 N–H and O–H groups in total. The van der Waals surface area contributed by atoms with Gasteiger partial charge in [0.05, 0.1) is 0 Å². The Labute approximate surface area is 213 Å². The van der Waals surface area contributed by atoms with Gasteiger partial charge < -0.3 is 0 Å². The van der Waals surface area contributed by atoms with Gasteiger partial charge in [-0.05, 0) is 48.3 Å². The zero-order valence-electron chi connectivity index (χ0n) is 22.2. The summed E-state index contributed by atoms with van der Waals surface area (Å²) in [5.74, 6) is 1.39. The molecule has 2 heteroatoms. The second-order valence-corrected chi connectivity index (χ2v) is 10.6. The van der Waals surface area contributed by atoms with Crippen molar-refractivity contribution in [3.8, 4) is 11.1 Å². The molecule has 35 heavy (non-hydrogen) atoms. The third-order valence-corrected chi connectivity index (χ3v) is 7.85. The van der Waals surface area contributed by atoms with Crippen LogP contribution in [0.2, 0.25) is 0 Å². The van der Waals surface area contributed by atoms with Crippen LogP contribution in [0.5, 0.6) is 0 Å². The molecule has 2 atom stereocenters. The molecule has 1 saturated carbocycles. The van der Waals surface area contributed by atoms with Crippen molar-refractivity contribution in [3.05, 3.63) is 59.7 Å². The fourth-order valence-electron chi connectivity index (χ4n) is 5.49. The Morgan fingerprint density at radius 1 is 0.714 bits per heavy atom. The van der Waals surface area contributed by atoms with Gasteiger partial charge in [0.25, 0.3) is 0 Å². The van der Waals surface area contributed by atoms with Crippen LogP contribution in [0.4, 0.5) is 0 Å². The molecule has 0 unspecified atom stereocenters. The summed E-state index contributed by atoms with van der Waals surface area (Å²) in [6, 6.07) is 16.8. The summed E-state index contributed by atoms with van der Waals surface area (Å²) in [5.41, 5.74) is 4.41. The van der Waals surface area contributed by atoms with Crippen molar-refractivity contribution < 1.29 is 9.59 Å². The highest BCUT2D eigenvalue weighted by Crippen LogP contribution is 2.36. The molecule has 0 amide bonds. The summed E-state index contributed by atoms with van der Waals surface area (Å²) in [6.45, 7) is 4.44. The third kappa shape index (κ3) is 8.74. The number of ketones is 2. The number of Topliss-reactive ketones (excluding diaryl/α,β-unsaturated/α-hetero) is 2. The SMILES string of the molecule is CCCCCCCC[C@H]1CC[C@H](c2ccc(-c3ccc(C(=O)CCCCCC)cc3)cc2)CC1=O. The molecular formula is C33H46O2. The Balaban J connectivity index is 1.47. The molecule has 2 nitrogen and oxygen atoms in total. The van der Waals surface area contributed by atoms with E-state index in [9.17, 15) is 9.59 Å². The van der Waals surface area contributed by atoms with Crippen LogP contribution in [-0.2, 0) is 4.79 Å². The average Bonchev–Trinajstić information content (AvgIpc) is 2.89. The Morgan fingerprint density at radius 2 is 1.29 bits per heavy atom. The predicted octanol–water partition coefficient (Wildman–Crippen LogP) is 9.71. The van der Waals surface area contributed by atoms with Crippen LogP contribution in [-0.4, -0.2) is 11.6 Å². The van der Waals surface area contributed by atoms with E-state index < -0.39 is 0 Å². The number of carbonyl (C=O) groups excluding carboxylic acids is 2. The number of benzene rings is 2. The topological polar surface area (TPSA) is 34.1 Å². The quantitative estimate of drug-likeness (QED) is 0.190. The normalized spacial score (nSPS) is 18.1. The molecular weight excluding hydrogens is 428 g/mol. The van der Waals surface area contributed by atoms with E-state index in [1.165, 1.54) is 62.5 Å². The van der Waals surface area contributed by atoms with E-state index in [4.69, 9.17) is 0 Å². The third-order valence-electron chi connectivity index (χ3n) is 7.85. The van der Waals surface area contributed by atoms with Crippen LogP contribution < -0.4 is 0 Å². The van der Waals surface area contributed by atoms with Gasteiger partial charge in [-0.2, -0.15) is 0 Å². The maximum atomic E-state index is 12.8. The van der Waals surface area contributed by atoms with Crippen molar-refractivity contribution in [2.75, 3.05) is 0 Å². The summed E-state index contributed by atoms with van der Waals surface area (Å²) in [5, 5.41) is 0. The highest BCUT2D eigenvalue weighted by atomic mass is 16.1. The average molecular weight is 475 g/mol. The van der Waals surface area contributed by atoms with E-state index in [0.29, 0.717) is 30.5 Å². The van der Waals surface area contributed by atoms with Crippen molar-refractivity contribution in [3.63, 3.8) is 0 Å². The molecule has 1 aliphatic rings. The second kappa shape index (κ2) is 15.0. The molecule has 1 aliphatic carbocycles. The van der Waals surface area contributed by atoms with Crippen molar-refractivity contribution in [1.29, 1.82) is 0 Å². The maximum absolute atomic E-state index is 12.8. The monoisotopic (exact) mass is 474 g/mol. The van der Waals surface area contributed by atoms with Crippen molar-refractivity contribution in [2.45, 2.75) is 116 Å². The van der Waals surface area contributed by atoms with Crippen LogP contribution in [0.3, 0.4) is 0 Å². The number of hydrogen-bond acceptors (Lipinski definition) is 2. The molecule has 0 bridgehead atoms. The summed E-state index contributed by atoms with van der Waals surface area (Å²) in [4.78, 5) is 25.2. The number of hydrogen-bond donors (Lipinski definition) is 0. The first-order valence-electron chi connectivity index (χ1n) is 14.4. The number of carbonyl (C=O) groups is 2. The molecule has 0 heterocycles. The van der Waals surface area contributed by atoms with E-state index in [1.807, 2.05) is 12.1 Å². The molecule has 3 rings (SSSR count). The Hall–Kier alpha value is -2.22. The first-order valence-corrected chi connectivity index (χ1v) is 14.4. The van der Waals surface area contributed by atoms with Gasteiger partial charge in [0.2, 0.25) is 0 Å². The largest absolute Gasteiger partial charge is 0.299 e. The standard InChI is InChI=1S/C33H46O2/c1-3-5-7-9-10-11-13-29-23-24-31(25-33(29)35)28-17-15-26(16-18-28)27-19-21-30(22-20-27)32(34)14-12-8-6-4-2/h15-22,29,31H,3-14,23-25H2,1-2H3/t29-,31-/m0/s1. The highest BCUT2D eigenvalue weighted by molar-refractivity contribution is 5.96. The van der Waals surface area contributed by atoms with Gasteiger partial charge in [-0.25, -0.2) is 0 Å². The number of rotatable bonds is 15. The van der Waals surface area contributed by atoms with Crippen molar-refractivity contribution in [1.82, 2.24) is 0 Å². The zero-order chi connectivity index (χ0) is 24.9. The maximum Gasteiger partial charge on any atom is 0.162 e. The lowest BCUT2D eigenvalue weighted by atomic mass is 9.76. The fraction of sp³-hybridized carbons (Fsp3) is 0.576. The summed E-state index contributed by atoms with van der Waals surface area (Å²) in [7, 11) is 0. The van der Waals surface area contributed by atoms with Gasteiger partial charge in [-0.15, -0.1) is 0 Å². The molecule has 0 aliphatic heterocycles. The Morgan fingerprint density at radius 3 is 1.91 bits per heavy atom. The van der Waals surface area contributed by atoms with Crippen molar-refractivity contribution >= 4 is 11.6 Å². The molecule has 0 saturated heterocycles. The summed E-state index contributed by atoms with van der Waals surface area (Å²) >= 11 is 0. The van der Waals surface area contributed by atoms with Crippen LogP contribution >= 0.6 is 0 Å². The highest BCUT2D eigenvalue weighted by Gasteiger charge is 2.28. The van der Waals surface area contributed by atoms with E-state index in [0.717, 1.165) is 43.2 Å². The van der Waals surface area contributed by atoms with E-state index >= 15 is 0 Å². The summed E-state index contributed by atoms with van der Waals surface area (Å²) in [6.07, 6.45) is 16.9. The lowest BCUT2D eigenvalue weighted by Gasteiger charge is -2.28. The second-order valence-electron chi connectivity index (χ2n) is 10.6. The van der Waals surface area contributed by atoms with Gasteiger partial charge in [0, 0.05) is 24.3 Å². The molecule has 190 valence electrons. The molecule has 2 aromatic carbocycles. The molecule has 2 aromatic rings. The van der Waals surface area contributed by atoms with Crippen LogP contribution in [0, 0.1) is 5.92 Å². The first-order chi connectivity index (χ1) is 17.1. The first kappa shape index (κ1) is 27.4. The van der Waals surface area contributed by atoms with E-state index in [1.54, 1.807) is 0 Å². The smallest absolute Gasteiger partial charge is 0.162 e. The Bertz CT molecular complexity index is 894. The lowest BCUT2D eigenvalue weighted by molar-refractivity contribution is -0.125. The Kier molecular flexibility index (Phi) is 11.7. The van der Waals surface area contributed by atoms with Gasteiger partial charge >= 0.3 is 0 Å². The van der Waals surface area contributed by atoms with E-state index in [-0.39, 0.29) is 5.78 Å². The van der Waals surface area contributed by atoms with E-state index in [2.05, 4.69) is 50.2 Å². The molecule has 0 radical (unpaired) electrons. The van der Waals surface area contributed by atoms with Crippen LogP contribution in [0.1, 0.15) is 132 Å².